The first kappa shape index (κ1) is 21.1. The Kier molecular flexibility index (Phi) is 6.84. The third-order valence-electron chi connectivity index (χ3n) is 4.47. The lowest BCUT2D eigenvalue weighted by Crippen LogP contribution is -2.30. The molecule has 0 saturated carbocycles. The zero-order valence-corrected chi connectivity index (χ0v) is 17.6. The molecular formula is C21H26N6O3. The summed E-state index contributed by atoms with van der Waals surface area (Å²) < 4.78 is 10.3. The van der Waals surface area contributed by atoms with Crippen molar-refractivity contribution in [1.82, 2.24) is 20.4 Å². The van der Waals surface area contributed by atoms with Gasteiger partial charge in [0.25, 0.3) is 0 Å². The van der Waals surface area contributed by atoms with E-state index in [0.717, 1.165) is 28.4 Å². The third-order valence-corrected chi connectivity index (χ3v) is 4.47. The van der Waals surface area contributed by atoms with Gasteiger partial charge < -0.3 is 25.2 Å². The minimum atomic E-state index is -0.0850. The average Bonchev–Trinajstić information content (AvgIpc) is 3.03. The first-order valence-electron chi connectivity index (χ1n) is 9.63. The van der Waals surface area contributed by atoms with Crippen molar-refractivity contribution in [3.05, 3.63) is 53.0 Å². The van der Waals surface area contributed by atoms with Gasteiger partial charge in [-0.15, -0.1) is 0 Å². The van der Waals surface area contributed by atoms with E-state index >= 15 is 0 Å². The fourth-order valence-corrected chi connectivity index (χ4v) is 2.89. The van der Waals surface area contributed by atoms with E-state index in [9.17, 15) is 4.79 Å². The van der Waals surface area contributed by atoms with E-state index in [1.54, 1.807) is 14.0 Å². The van der Waals surface area contributed by atoms with Crippen LogP contribution in [-0.2, 0) is 11.2 Å². The van der Waals surface area contributed by atoms with Gasteiger partial charge >= 0.3 is 0 Å². The lowest BCUT2D eigenvalue weighted by Gasteiger charge is -2.11. The highest BCUT2D eigenvalue weighted by atomic mass is 16.5. The highest BCUT2D eigenvalue weighted by molar-refractivity contribution is 5.79. The van der Waals surface area contributed by atoms with Crippen molar-refractivity contribution in [1.29, 1.82) is 0 Å². The number of ether oxygens (including phenoxy) is 1. The van der Waals surface area contributed by atoms with E-state index < -0.39 is 0 Å². The SMILES string of the molecule is COc1ccc(Nc2cc(C)nc(NCCNC(=O)Cc3c(C)noc3C)n2)cc1. The second-order valence-electron chi connectivity index (χ2n) is 6.83. The summed E-state index contributed by atoms with van der Waals surface area (Å²) in [6, 6.07) is 9.44. The number of methoxy groups -OCH3 is 1. The maximum Gasteiger partial charge on any atom is 0.224 e. The number of hydrogen-bond acceptors (Lipinski definition) is 8. The van der Waals surface area contributed by atoms with E-state index in [0.29, 0.717) is 30.6 Å². The summed E-state index contributed by atoms with van der Waals surface area (Å²) in [4.78, 5) is 21.0. The molecule has 2 heterocycles. The number of benzene rings is 1. The Morgan fingerprint density at radius 1 is 1.10 bits per heavy atom. The van der Waals surface area contributed by atoms with Crippen molar-refractivity contribution >= 4 is 23.4 Å². The highest BCUT2D eigenvalue weighted by Crippen LogP contribution is 2.20. The van der Waals surface area contributed by atoms with Gasteiger partial charge in [-0.2, -0.15) is 4.98 Å². The lowest BCUT2D eigenvalue weighted by molar-refractivity contribution is -0.120. The van der Waals surface area contributed by atoms with Gasteiger partial charge in [-0.3, -0.25) is 4.79 Å². The molecule has 0 unspecified atom stereocenters. The number of rotatable bonds is 9. The number of amides is 1. The van der Waals surface area contributed by atoms with E-state index in [2.05, 4.69) is 31.1 Å². The monoisotopic (exact) mass is 410 g/mol. The number of hydrogen-bond donors (Lipinski definition) is 3. The molecule has 1 aromatic carbocycles. The molecule has 0 spiro atoms. The number of carbonyl (C=O) groups is 1. The largest absolute Gasteiger partial charge is 0.497 e. The second-order valence-corrected chi connectivity index (χ2v) is 6.83. The number of nitrogens with one attached hydrogen (secondary N) is 3. The lowest BCUT2D eigenvalue weighted by atomic mass is 10.1. The van der Waals surface area contributed by atoms with Crippen LogP contribution >= 0.6 is 0 Å². The Bertz CT molecular complexity index is 981. The molecule has 0 radical (unpaired) electrons. The molecule has 0 fully saturated rings. The van der Waals surface area contributed by atoms with Crippen LogP contribution in [0.4, 0.5) is 17.5 Å². The molecule has 158 valence electrons. The van der Waals surface area contributed by atoms with Gasteiger partial charge in [-0.1, -0.05) is 5.16 Å². The van der Waals surface area contributed by atoms with Crippen LogP contribution in [0.15, 0.2) is 34.9 Å². The molecule has 0 aliphatic carbocycles. The highest BCUT2D eigenvalue weighted by Gasteiger charge is 2.13. The Morgan fingerprint density at radius 3 is 2.53 bits per heavy atom. The zero-order valence-electron chi connectivity index (χ0n) is 17.6. The Hall–Kier alpha value is -3.62. The number of aryl methyl sites for hydroxylation is 3. The van der Waals surface area contributed by atoms with Gasteiger partial charge in [-0.25, -0.2) is 4.98 Å². The normalized spacial score (nSPS) is 10.5. The number of carbonyl (C=O) groups excluding carboxylic acids is 1. The molecule has 3 aromatic rings. The molecule has 0 aliphatic rings. The van der Waals surface area contributed by atoms with Crippen LogP contribution in [0, 0.1) is 20.8 Å². The quantitative estimate of drug-likeness (QED) is 0.462. The molecule has 0 atom stereocenters. The summed E-state index contributed by atoms with van der Waals surface area (Å²) in [5.74, 6) is 2.55. The topological polar surface area (TPSA) is 114 Å². The molecule has 3 N–H and O–H groups in total. The third kappa shape index (κ3) is 5.69. The summed E-state index contributed by atoms with van der Waals surface area (Å²) >= 11 is 0. The van der Waals surface area contributed by atoms with Crippen LogP contribution in [0.25, 0.3) is 0 Å². The molecule has 9 heteroatoms. The smallest absolute Gasteiger partial charge is 0.224 e. The molecule has 0 saturated heterocycles. The molecule has 30 heavy (non-hydrogen) atoms. The Morgan fingerprint density at radius 2 is 1.87 bits per heavy atom. The van der Waals surface area contributed by atoms with Crippen molar-refractivity contribution in [2.75, 3.05) is 30.8 Å². The van der Waals surface area contributed by atoms with Crippen molar-refractivity contribution < 1.29 is 14.1 Å². The van der Waals surface area contributed by atoms with Gasteiger partial charge in [0.1, 0.15) is 17.3 Å². The van der Waals surface area contributed by atoms with Crippen LogP contribution in [0.1, 0.15) is 22.7 Å². The average molecular weight is 410 g/mol. The summed E-state index contributed by atoms with van der Waals surface area (Å²) in [6.45, 7) is 6.47. The van der Waals surface area contributed by atoms with Crippen LogP contribution < -0.4 is 20.7 Å². The van der Waals surface area contributed by atoms with Crippen LogP contribution in [0.5, 0.6) is 5.75 Å². The Balaban J connectivity index is 1.49. The fraction of sp³-hybridized carbons (Fsp3) is 0.333. The van der Waals surface area contributed by atoms with Crippen molar-refractivity contribution in [3.8, 4) is 5.75 Å². The molecule has 0 bridgehead atoms. The maximum absolute atomic E-state index is 12.1. The molecule has 2 aromatic heterocycles. The van der Waals surface area contributed by atoms with Crippen LogP contribution in [-0.4, -0.2) is 41.2 Å². The summed E-state index contributed by atoms with van der Waals surface area (Å²) in [5, 5.41) is 13.1. The molecular weight excluding hydrogens is 384 g/mol. The molecule has 1 amide bonds. The predicted molar refractivity (Wildman–Crippen MR) is 114 cm³/mol. The van der Waals surface area contributed by atoms with E-state index in [1.807, 2.05) is 44.2 Å². The fourth-order valence-electron chi connectivity index (χ4n) is 2.89. The summed E-state index contributed by atoms with van der Waals surface area (Å²) in [6.07, 6.45) is 0.248. The van der Waals surface area contributed by atoms with Gasteiger partial charge in [0.2, 0.25) is 11.9 Å². The second kappa shape index (κ2) is 9.73. The number of anilines is 3. The predicted octanol–water partition coefficient (Wildman–Crippen LogP) is 2.91. The summed E-state index contributed by atoms with van der Waals surface area (Å²) in [5.41, 5.74) is 3.29. The van der Waals surface area contributed by atoms with Crippen molar-refractivity contribution in [2.45, 2.75) is 27.2 Å². The molecule has 9 nitrogen and oxygen atoms in total. The van der Waals surface area contributed by atoms with Crippen molar-refractivity contribution in [3.63, 3.8) is 0 Å². The minimum Gasteiger partial charge on any atom is -0.497 e. The van der Waals surface area contributed by atoms with Crippen LogP contribution in [0.3, 0.4) is 0 Å². The number of aromatic nitrogens is 3. The van der Waals surface area contributed by atoms with E-state index in [1.165, 1.54) is 0 Å². The van der Waals surface area contributed by atoms with Gasteiger partial charge in [0.05, 0.1) is 19.2 Å². The summed E-state index contributed by atoms with van der Waals surface area (Å²) in [7, 11) is 1.63. The molecule has 0 aliphatic heterocycles. The van der Waals surface area contributed by atoms with Crippen LogP contribution in [0.2, 0.25) is 0 Å². The maximum atomic E-state index is 12.1. The number of nitrogens with zero attached hydrogens (tertiary/aromatic N) is 3. The standard InChI is InChI=1S/C21H26N6O3/c1-13-11-19(25-16-5-7-17(29-4)8-6-16)26-21(24-13)23-10-9-22-20(28)12-18-14(2)27-30-15(18)3/h5-8,11H,9-10,12H2,1-4H3,(H,22,28)(H2,23,24,25,26). The zero-order chi connectivity index (χ0) is 21.5. The van der Waals surface area contributed by atoms with Gasteiger partial charge in [0.15, 0.2) is 0 Å². The van der Waals surface area contributed by atoms with Crippen molar-refractivity contribution in [2.24, 2.45) is 0 Å². The van der Waals surface area contributed by atoms with E-state index in [4.69, 9.17) is 9.26 Å². The Labute approximate surface area is 175 Å². The minimum absolute atomic E-state index is 0.0850. The van der Waals surface area contributed by atoms with Gasteiger partial charge in [-0.05, 0) is 45.0 Å². The first-order chi connectivity index (χ1) is 14.4. The molecule has 3 rings (SSSR count). The van der Waals surface area contributed by atoms with Gasteiger partial charge in [0, 0.05) is 36.1 Å². The first-order valence-corrected chi connectivity index (χ1v) is 9.63. The van der Waals surface area contributed by atoms with E-state index in [-0.39, 0.29) is 12.3 Å².